The Labute approximate surface area is 112 Å². The predicted molar refractivity (Wildman–Crippen MR) is 75.6 cm³/mol. The highest BCUT2D eigenvalue weighted by Gasteiger charge is 2.05. The number of nitrogens with two attached hydrogens (primary N) is 1. The maximum absolute atomic E-state index is 5.27. The van der Waals surface area contributed by atoms with E-state index in [1.54, 1.807) is 11.8 Å². The Hall–Kier alpha value is -1.57. The van der Waals surface area contributed by atoms with Gasteiger partial charge < -0.3 is 4.98 Å². The zero-order chi connectivity index (χ0) is 12.4. The van der Waals surface area contributed by atoms with E-state index in [4.69, 9.17) is 5.84 Å². The monoisotopic (exact) mass is 277 g/mol. The second kappa shape index (κ2) is 4.97. The zero-order valence-electron chi connectivity index (χ0n) is 9.38. The van der Waals surface area contributed by atoms with Crippen LogP contribution < -0.4 is 11.3 Å². The summed E-state index contributed by atoms with van der Waals surface area (Å²) in [7, 11) is 0. The van der Waals surface area contributed by atoms with Crippen molar-refractivity contribution in [3.05, 3.63) is 35.3 Å². The summed E-state index contributed by atoms with van der Waals surface area (Å²) in [6.45, 7) is 0. The van der Waals surface area contributed by atoms with Crippen molar-refractivity contribution in [2.75, 3.05) is 5.43 Å². The molecule has 0 aliphatic carbocycles. The molecule has 3 rings (SSSR count). The van der Waals surface area contributed by atoms with Gasteiger partial charge in [-0.05, 0) is 12.1 Å². The van der Waals surface area contributed by atoms with Crippen LogP contribution in [0.25, 0.3) is 10.9 Å². The topological polar surface area (TPSA) is 79.6 Å². The molecular weight excluding hydrogens is 266 g/mol. The van der Waals surface area contributed by atoms with Gasteiger partial charge in [0.2, 0.25) is 5.13 Å². The van der Waals surface area contributed by atoms with Crippen LogP contribution >= 0.6 is 23.1 Å². The predicted octanol–water partition coefficient (Wildman–Crippen LogP) is 2.60. The summed E-state index contributed by atoms with van der Waals surface area (Å²) < 4.78 is 0. The number of para-hydroxylation sites is 1. The van der Waals surface area contributed by atoms with Crippen LogP contribution in [0.2, 0.25) is 0 Å². The van der Waals surface area contributed by atoms with Gasteiger partial charge in [-0.3, -0.25) is 5.43 Å². The van der Waals surface area contributed by atoms with Gasteiger partial charge in [-0.15, -0.1) is 22.0 Å². The van der Waals surface area contributed by atoms with E-state index in [2.05, 4.69) is 38.8 Å². The number of hydrazine groups is 1. The number of nitrogens with one attached hydrogen (secondary N) is 2. The lowest BCUT2D eigenvalue weighted by Gasteiger charge is -1.93. The van der Waals surface area contributed by atoms with Crippen molar-refractivity contribution in [2.24, 2.45) is 5.84 Å². The first-order chi connectivity index (χ1) is 8.85. The molecule has 0 atom stereocenters. The van der Waals surface area contributed by atoms with E-state index in [0.29, 0.717) is 5.13 Å². The van der Waals surface area contributed by atoms with Crippen molar-refractivity contribution >= 4 is 39.1 Å². The van der Waals surface area contributed by atoms with Gasteiger partial charge in [0.15, 0.2) is 0 Å². The molecule has 4 N–H and O–H groups in total. The number of aromatic nitrogens is 3. The minimum atomic E-state index is 0.641. The lowest BCUT2D eigenvalue weighted by molar-refractivity contribution is 1.03. The molecule has 0 saturated carbocycles. The van der Waals surface area contributed by atoms with Crippen LogP contribution in [0.15, 0.2) is 35.4 Å². The Morgan fingerprint density at radius 3 is 3.00 bits per heavy atom. The van der Waals surface area contributed by atoms with E-state index >= 15 is 0 Å². The van der Waals surface area contributed by atoms with Gasteiger partial charge in [-0.2, -0.15) is 0 Å². The lowest BCUT2D eigenvalue weighted by atomic mass is 10.3. The van der Waals surface area contributed by atoms with Gasteiger partial charge in [-0.1, -0.05) is 29.5 Å². The van der Waals surface area contributed by atoms with Gasteiger partial charge in [0, 0.05) is 10.9 Å². The summed E-state index contributed by atoms with van der Waals surface area (Å²) in [5, 5.41) is 11.9. The summed E-state index contributed by atoms with van der Waals surface area (Å²) in [5.74, 6) is 6.05. The number of hydrogen-bond acceptors (Lipinski definition) is 6. The minimum Gasteiger partial charge on any atom is -0.350 e. The molecule has 7 heteroatoms. The summed E-state index contributed by atoms with van der Waals surface area (Å²) in [6, 6.07) is 10.4. The Bertz CT molecular complexity index is 627. The Morgan fingerprint density at radius 1 is 1.33 bits per heavy atom. The highest BCUT2D eigenvalue weighted by Crippen LogP contribution is 2.27. The number of nitrogens with zero attached hydrogens (tertiary/aromatic N) is 2. The number of thioether (sulfide) groups is 1. The first-order valence-corrected chi connectivity index (χ1v) is 7.15. The number of anilines is 1. The fourth-order valence-corrected chi connectivity index (χ4v) is 3.22. The molecular formula is C11H11N5S2. The molecule has 0 amide bonds. The first kappa shape index (κ1) is 11.5. The van der Waals surface area contributed by atoms with Crippen molar-refractivity contribution in [1.29, 1.82) is 0 Å². The smallest absolute Gasteiger partial charge is 0.219 e. The molecule has 2 heterocycles. The van der Waals surface area contributed by atoms with Crippen LogP contribution in [0, 0.1) is 0 Å². The number of aromatic amines is 1. The summed E-state index contributed by atoms with van der Waals surface area (Å²) in [5.41, 5.74) is 3.65. The van der Waals surface area contributed by atoms with Gasteiger partial charge in [0.1, 0.15) is 5.01 Å². The van der Waals surface area contributed by atoms with E-state index in [0.717, 1.165) is 21.3 Å². The van der Waals surface area contributed by atoms with Crippen molar-refractivity contribution in [1.82, 2.24) is 15.2 Å². The number of fused-ring (bicyclic) bond motifs is 1. The van der Waals surface area contributed by atoms with Crippen molar-refractivity contribution < 1.29 is 0 Å². The molecule has 0 fully saturated rings. The molecule has 92 valence electrons. The quantitative estimate of drug-likeness (QED) is 0.388. The highest BCUT2D eigenvalue weighted by atomic mass is 32.2. The molecule has 0 aliphatic rings. The zero-order valence-corrected chi connectivity index (χ0v) is 11.0. The van der Waals surface area contributed by atoms with E-state index in [1.807, 2.05) is 12.1 Å². The van der Waals surface area contributed by atoms with Gasteiger partial charge >= 0.3 is 0 Å². The third-order valence-electron chi connectivity index (χ3n) is 2.45. The molecule has 0 saturated heterocycles. The number of nitrogen functional groups attached to an aromatic ring is 1. The van der Waals surface area contributed by atoms with Gasteiger partial charge in [0.25, 0.3) is 0 Å². The summed E-state index contributed by atoms with van der Waals surface area (Å²) in [6.07, 6.45) is 0. The molecule has 1 aromatic carbocycles. The molecule has 0 unspecified atom stereocenters. The largest absolute Gasteiger partial charge is 0.350 e. The molecule has 0 bridgehead atoms. The fourth-order valence-electron chi connectivity index (χ4n) is 1.63. The summed E-state index contributed by atoms with van der Waals surface area (Å²) >= 11 is 3.17. The standard InChI is InChI=1S/C11H11N5S2/c12-14-11-16-15-10(18-11)6-17-9-5-7-3-1-2-4-8(7)13-9/h1-5,13H,6,12H2,(H,14,16). The van der Waals surface area contributed by atoms with E-state index < -0.39 is 0 Å². The van der Waals surface area contributed by atoms with Crippen LogP contribution in [-0.2, 0) is 5.75 Å². The Kier molecular flexibility index (Phi) is 3.18. The second-order valence-corrected chi connectivity index (χ2v) is 5.73. The number of hydrogen-bond donors (Lipinski definition) is 3. The van der Waals surface area contributed by atoms with Crippen LogP contribution in [0.4, 0.5) is 5.13 Å². The number of benzene rings is 1. The molecule has 0 radical (unpaired) electrons. The maximum Gasteiger partial charge on any atom is 0.219 e. The normalized spacial score (nSPS) is 10.9. The number of H-pyrrole nitrogens is 1. The molecule has 18 heavy (non-hydrogen) atoms. The van der Waals surface area contributed by atoms with Gasteiger partial charge in [0.05, 0.1) is 10.8 Å². The lowest BCUT2D eigenvalue weighted by Crippen LogP contribution is -2.05. The average Bonchev–Trinajstić information content (AvgIpc) is 3.02. The van der Waals surface area contributed by atoms with Crippen molar-refractivity contribution in [3.8, 4) is 0 Å². The van der Waals surface area contributed by atoms with E-state index in [1.165, 1.54) is 16.7 Å². The molecule has 0 aliphatic heterocycles. The van der Waals surface area contributed by atoms with E-state index in [9.17, 15) is 0 Å². The molecule has 2 aromatic heterocycles. The second-order valence-electron chi connectivity index (χ2n) is 3.65. The molecule has 0 spiro atoms. The van der Waals surface area contributed by atoms with Crippen LogP contribution in [-0.4, -0.2) is 15.2 Å². The minimum absolute atomic E-state index is 0.641. The van der Waals surface area contributed by atoms with Crippen LogP contribution in [0.3, 0.4) is 0 Å². The van der Waals surface area contributed by atoms with Gasteiger partial charge in [-0.25, -0.2) is 5.84 Å². The molecule has 3 aromatic rings. The Morgan fingerprint density at radius 2 is 2.22 bits per heavy atom. The van der Waals surface area contributed by atoms with Crippen molar-refractivity contribution in [3.63, 3.8) is 0 Å². The fraction of sp³-hybridized carbons (Fsp3) is 0.0909. The van der Waals surface area contributed by atoms with Crippen LogP contribution in [0.1, 0.15) is 5.01 Å². The third-order valence-corrected chi connectivity index (χ3v) is 4.43. The maximum atomic E-state index is 5.27. The summed E-state index contributed by atoms with van der Waals surface area (Å²) in [4.78, 5) is 3.37. The number of rotatable bonds is 4. The SMILES string of the molecule is NNc1nnc(CSc2cc3ccccc3[nH]2)s1. The Balaban J connectivity index is 1.72. The average molecular weight is 277 g/mol. The third kappa shape index (κ3) is 2.33. The van der Waals surface area contributed by atoms with E-state index in [-0.39, 0.29) is 0 Å². The first-order valence-electron chi connectivity index (χ1n) is 5.35. The highest BCUT2D eigenvalue weighted by molar-refractivity contribution is 7.98. The molecule has 5 nitrogen and oxygen atoms in total. The van der Waals surface area contributed by atoms with Crippen LogP contribution in [0.5, 0.6) is 0 Å². The van der Waals surface area contributed by atoms with Crippen molar-refractivity contribution in [2.45, 2.75) is 10.8 Å².